The molecule has 1 heterocycles. The van der Waals surface area contributed by atoms with E-state index in [9.17, 15) is 4.79 Å². The molecule has 0 bridgehead atoms. The molecule has 2 N–H and O–H groups in total. The van der Waals surface area contributed by atoms with E-state index in [1.165, 1.54) is 5.56 Å². The molecule has 1 aliphatic heterocycles. The monoisotopic (exact) mass is 276 g/mol. The van der Waals surface area contributed by atoms with Gasteiger partial charge in [-0.2, -0.15) is 0 Å². The summed E-state index contributed by atoms with van der Waals surface area (Å²) in [7, 11) is 0. The summed E-state index contributed by atoms with van der Waals surface area (Å²) >= 11 is 0. The Hall–Kier alpha value is -1.55. The van der Waals surface area contributed by atoms with Gasteiger partial charge in [0.2, 0.25) is 0 Å². The van der Waals surface area contributed by atoms with Crippen LogP contribution in [0, 0.1) is 5.92 Å². The Bertz CT molecular complexity index is 453. The summed E-state index contributed by atoms with van der Waals surface area (Å²) in [5.41, 5.74) is 6.66. The highest BCUT2D eigenvalue weighted by atomic mass is 16.6. The zero-order chi connectivity index (χ0) is 14.8. The van der Waals surface area contributed by atoms with E-state index < -0.39 is 5.60 Å². The topological polar surface area (TPSA) is 55.6 Å². The standard InChI is InChI=1S/C16H24N2O2/c1-16(2,3)20-15(19)18-10-13(9-17)14(11-18)12-7-5-4-6-8-12/h4-8,13-14H,9-11,17H2,1-3H3/t13-,14+/m0/s1. The molecule has 1 amide bonds. The summed E-state index contributed by atoms with van der Waals surface area (Å²) in [4.78, 5) is 13.9. The average Bonchev–Trinajstić information content (AvgIpc) is 2.82. The number of amides is 1. The molecule has 4 nitrogen and oxygen atoms in total. The minimum absolute atomic E-state index is 0.241. The molecule has 2 atom stereocenters. The smallest absolute Gasteiger partial charge is 0.410 e. The Morgan fingerprint density at radius 1 is 1.30 bits per heavy atom. The molecule has 1 aliphatic rings. The lowest BCUT2D eigenvalue weighted by Crippen LogP contribution is -2.35. The van der Waals surface area contributed by atoms with E-state index in [2.05, 4.69) is 12.1 Å². The zero-order valence-electron chi connectivity index (χ0n) is 12.5. The van der Waals surface area contributed by atoms with E-state index in [4.69, 9.17) is 10.5 Å². The van der Waals surface area contributed by atoms with E-state index in [0.29, 0.717) is 31.5 Å². The molecular weight excluding hydrogens is 252 g/mol. The quantitative estimate of drug-likeness (QED) is 0.903. The number of nitrogens with two attached hydrogens (primary N) is 1. The second-order valence-electron chi connectivity index (χ2n) is 6.40. The molecule has 1 saturated heterocycles. The zero-order valence-corrected chi connectivity index (χ0v) is 12.5. The van der Waals surface area contributed by atoms with Gasteiger partial charge in [0.05, 0.1) is 0 Å². The molecule has 1 fully saturated rings. The van der Waals surface area contributed by atoms with Crippen molar-refractivity contribution in [2.24, 2.45) is 11.7 Å². The molecule has 20 heavy (non-hydrogen) atoms. The lowest BCUT2D eigenvalue weighted by Gasteiger charge is -2.24. The van der Waals surface area contributed by atoms with Crippen molar-refractivity contribution < 1.29 is 9.53 Å². The van der Waals surface area contributed by atoms with Crippen LogP contribution >= 0.6 is 0 Å². The van der Waals surface area contributed by atoms with Gasteiger partial charge in [-0.1, -0.05) is 30.3 Å². The first-order valence-electron chi connectivity index (χ1n) is 7.13. The summed E-state index contributed by atoms with van der Waals surface area (Å²) in [5, 5.41) is 0. The van der Waals surface area contributed by atoms with Crippen LogP contribution in [-0.4, -0.2) is 36.2 Å². The number of carbonyl (C=O) groups is 1. The van der Waals surface area contributed by atoms with Crippen LogP contribution in [0.15, 0.2) is 30.3 Å². The van der Waals surface area contributed by atoms with E-state index in [0.717, 1.165) is 0 Å². The number of rotatable bonds is 2. The molecule has 0 radical (unpaired) electrons. The summed E-state index contributed by atoms with van der Waals surface area (Å²) in [5.74, 6) is 0.596. The Morgan fingerprint density at radius 3 is 2.50 bits per heavy atom. The van der Waals surface area contributed by atoms with Crippen LogP contribution < -0.4 is 5.73 Å². The molecular formula is C16H24N2O2. The number of hydrogen-bond donors (Lipinski definition) is 1. The Balaban J connectivity index is 2.08. The number of hydrogen-bond acceptors (Lipinski definition) is 3. The third kappa shape index (κ3) is 3.51. The van der Waals surface area contributed by atoms with Crippen LogP contribution in [0.4, 0.5) is 4.79 Å². The molecule has 0 aliphatic carbocycles. The SMILES string of the molecule is CC(C)(C)OC(=O)N1C[C@H](CN)[C@@H](c2ccccc2)C1. The molecule has 0 saturated carbocycles. The summed E-state index contributed by atoms with van der Waals surface area (Å²) in [6.07, 6.45) is -0.241. The second kappa shape index (κ2) is 5.83. The van der Waals surface area contributed by atoms with Gasteiger partial charge in [0, 0.05) is 19.0 Å². The molecule has 1 aromatic carbocycles. The molecule has 0 spiro atoms. The third-order valence-electron chi connectivity index (χ3n) is 3.62. The van der Waals surface area contributed by atoms with Gasteiger partial charge >= 0.3 is 6.09 Å². The molecule has 4 heteroatoms. The van der Waals surface area contributed by atoms with Gasteiger partial charge in [-0.15, -0.1) is 0 Å². The third-order valence-corrected chi connectivity index (χ3v) is 3.62. The van der Waals surface area contributed by atoms with Crippen LogP contribution in [-0.2, 0) is 4.74 Å². The molecule has 110 valence electrons. The van der Waals surface area contributed by atoms with E-state index in [1.807, 2.05) is 39.0 Å². The number of carbonyl (C=O) groups excluding carboxylic acids is 1. The Kier molecular flexibility index (Phi) is 4.33. The van der Waals surface area contributed by atoms with E-state index in [-0.39, 0.29) is 6.09 Å². The fourth-order valence-electron chi connectivity index (χ4n) is 2.66. The van der Waals surface area contributed by atoms with Gasteiger partial charge in [-0.25, -0.2) is 4.79 Å². The normalized spacial score (nSPS) is 22.9. The van der Waals surface area contributed by atoms with Crippen molar-refractivity contribution in [1.82, 2.24) is 4.90 Å². The van der Waals surface area contributed by atoms with Gasteiger partial charge in [-0.05, 0) is 38.8 Å². The fraction of sp³-hybridized carbons (Fsp3) is 0.562. The van der Waals surface area contributed by atoms with Crippen molar-refractivity contribution in [3.63, 3.8) is 0 Å². The molecule has 0 unspecified atom stereocenters. The Labute approximate surface area is 120 Å². The summed E-state index contributed by atoms with van der Waals surface area (Å²) in [6.45, 7) is 7.59. The maximum Gasteiger partial charge on any atom is 0.410 e. The van der Waals surface area contributed by atoms with Gasteiger partial charge in [0.25, 0.3) is 0 Å². The van der Waals surface area contributed by atoms with Gasteiger partial charge in [0.15, 0.2) is 0 Å². The minimum atomic E-state index is -0.458. The van der Waals surface area contributed by atoms with Crippen LogP contribution in [0.1, 0.15) is 32.3 Å². The summed E-state index contributed by atoms with van der Waals surface area (Å²) < 4.78 is 5.44. The predicted octanol–water partition coefficient (Wildman–Crippen LogP) is 2.60. The first kappa shape index (κ1) is 14.9. The van der Waals surface area contributed by atoms with Crippen LogP contribution in [0.5, 0.6) is 0 Å². The van der Waals surface area contributed by atoms with E-state index >= 15 is 0 Å². The first-order chi connectivity index (χ1) is 9.40. The van der Waals surface area contributed by atoms with Crippen molar-refractivity contribution in [2.75, 3.05) is 19.6 Å². The number of likely N-dealkylation sites (tertiary alicyclic amines) is 1. The lowest BCUT2D eigenvalue weighted by atomic mass is 9.89. The number of nitrogens with zero attached hydrogens (tertiary/aromatic N) is 1. The predicted molar refractivity (Wildman–Crippen MR) is 79.5 cm³/mol. The van der Waals surface area contributed by atoms with Crippen molar-refractivity contribution in [3.05, 3.63) is 35.9 Å². The van der Waals surface area contributed by atoms with Gasteiger partial charge in [0.1, 0.15) is 5.60 Å². The average molecular weight is 276 g/mol. The fourth-order valence-corrected chi connectivity index (χ4v) is 2.66. The van der Waals surface area contributed by atoms with Crippen molar-refractivity contribution in [3.8, 4) is 0 Å². The maximum absolute atomic E-state index is 12.2. The van der Waals surface area contributed by atoms with Gasteiger partial charge in [-0.3, -0.25) is 0 Å². The highest BCUT2D eigenvalue weighted by Gasteiger charge is 2.36. The lowest BCUT2D eigenvalue weighted by molar-refractivity contribution is 0.0287. The van der Waals surface area contributed by atoms with Crippen LogP contribution in [0.2, 0.25) is 0 Å². The van der Waals surface area contributed by atoms with E-state index in [1.54, 1.807) is 4.90 Å². The molecule has 1 aromatic rings. The molecule has 0 aromatic heterocycles. The first-order valence-corrected chi connectivity index (χ1v) is 7.13. The van der Waals surface area contributed by atoms with Gasteiger partial charge < -0.3 is 15.4 Å². The summed E-state index contributed by atoms with van der Waals surface area (Å²) in [6, 6.07) is 10.3. The van der Waals surface area contributed by atoms with Crippen molar-refractivity contribution in [2.45, 2.75) is 32.3 Å². The number of benzene rings is 1. The van der Waals surface area contributed by atoms with Crippen LogP contribution in [0.25, 0.3) is 0 Å². The van der Waals surface area contributed by atoms with Crippen LogP contribution in [0.3, 0.4) is 0 Å². The highest BCUT2D eigenvalue weighted by molar-refractivity contribution is 5.68. The second-order valence-corrected chi connectivity index (χ2v) is 6.40. The minimum Gasteiger partial charge on any atom is -0.444 e. The number of ether oxygens (including phenoxy) is 1. The van der Waals surface area contributed by atoms with Crippen molar-refractivity contribution >= 4 is 6.09 Å². The largest absolute Gasteiger partial charge is 0.444 e. The highest BCUT2D eigenvalue weighted by Crippen LogP contribution is 2.32. The Morgan fingerprint density at radius 2 is 1.95 bits per heavy atom. The molecule has 2 rings (SSSR count). The maximum atomic E-state index is 12.2. The van der Waals surface area contributed by atoms with Crippen molar-refractivity contribution in [1.29, 1.82) is 0 Å².